The maximum Gasteiger partial charge on any atom is 0.311 e. The van der Waals surface area contributed by atoms with Gasteiger partial charge in [0.2, 0.25) is 0 Å². The number of nitro benzene ring substituents is 1. The predicted molar refractivity (Wildman–Crippen MR) is 89.0 cm³/mol. The molecule has 0 aromatic heterocycles. The molecule has 0 aliphatic carbocycles. The summed E-state index contributed by atoms with van der Waals surface area (Å²) in [6.07, 6.45) is 2.06. The van der Waals surface area contributed by atoms with Crippen LogP contribution in [-0.4, -0.2) is 28.8 Å². The summed E-state index contributed by atoms with van der Waals surface area (Å²) in [5.41, 5.74) is 1.04. The van der Waals surface area contributed by atoms with Gasteiger partial charge in [0, 0.05) is 30.8 Å². The SMILES string of the molecule is O=C(c1ccc(COc2cc(F)ccc2[N+](=O)[O-])cc1)N1CCCC1. The monoisotopic (exact) mass is 344 g/mol. The Morgan fingerprint density at radius 1 is 1.16 bits per heavy atom. The maximum absolute atomic E-state index is 13.3. The van der Waals surface area contributed by atoms with Crippen molar-refractivity contribution in [1.82, 2.24) is 4.90 Å². The number of hydrogen-bond donors (Lipinski definition) is 0. The number of nitrogens with zero attached hydrogens (tertiary/aromatic N) is 2. The van der Waals surface area contributed by atoms with Gasteiger partial charge in [-0.05, 0) is 36.6 Å². The van der Waals surface area contributed by atoms with Gasteiger partial charge in [-0.3, -0.25) is 14.9 Å². The normalized spacial score (nSPS) is 13.7. The highest BCUT2D eigenvalue weighted by atomic mass is 19.1. The highest BCUT2D eigenvalue weighted by molar-refractivity contribution is 5.94. The first kappa shape index (κ1) is 16.9. The maximum atomic E-state index is 13.3. The fraction of sp³-hybridized carbons (Fsp3) is 0.278. The molecule has 2 aromatic carbocycles. The number of carbonyl (C=O) groups excluding carboxylic acids is 1. The summed E-state index contributed by atoms with van der Waals surface area (Å²) < 4.78 is 18.7. The Hall–Kier alpha value is -2.96. The molecule has 0 radical (unpaired) electrons. The van der Waals surface area contributed by atoms with E-state index in [4.69, 9.17) is 4.74 Å². The smallest absolute Gasteiger partial charge is 0.311 e. The number of hydrogen-bond acceptors (Lipinski definition) is 4. The van der Waals surface area contributed by atoms with E-state index in [1.807, 2.05) is 4.90 Å². The lowest BCUT2D eigenvalue weighted by molar-refractivity contribution is -0.386. The van der Waals surface area contributed by atoms with E-state index in [1.54, 1.807) is 24.3 Å². The van der Waals surface area contributed by atoms with Crippen molar-refractivity contribution >= 4 is 11.6 Å². The summed E-state index contributed by atoms with van der Waals surface area (Å²) in [6, 6.07) is 9.96. The van der Waals surface area contributed by atoms with Crippen molar-refractivity contribution in [3.05, 3.63) is 69.5 Å². The van der Waals surface area contributed by atoms with Crippen molar-refractivity contribution < 1.29 is 18.8 Å². The fourth-order valence-electron chi connectivity index (χ4n) is 2.76. The predicted octanol–water partition coefficient (Wildman–Crippen LogP) is 3.55. The Bertz CT molecular complexity index is 786. The third-order valence-electron chi connectivity index (χ3n) is 4.11. The second-order valence-corrected chi connectivity index (χ2v) is 5.85. The number of rotatable bonds is 5. The van der Waals surface area contributed by atoms with Crippen LogP contribution in [0.25, 0.3) is 0 Å². The second kappa shape index (κ2) is 7.29. The Balaban J connectivity index is 1.67. The molecule has 0 atom stereocenters. The van der Waals surface area contributed by atoms with Gasteiger partial charge in [0.05, 0.1) is 4.92 Å². The van der Waals surface area contributed by atoms with E-state index in [1.165, 1.54) is 0 Å². The molecule has 0 bridgehead atoms. The van der Waals surface area contributed by atoms with Crippen LogP contribution in [0.4, 0.5) is 10.1 Å². The van der Waals surface area contributed by atoms with Crippen LogP contribution >= 0.6 is 0 Å². The average molecular weight is 344 g/mol. The Labute approximate surface area is 144 Å². The molecular formula is C18H17FN2O4. The van der Waals surface area contributed by atoms with Crippen molar-refractivity contribution in [1.29, 1.82) is 0 Å². The van der Waals surface area contributed by atoms with Crippen LogP contribution in [0.5, 0.6) is 5.75 Å². The Morgan fingerprint density at radius 2 is 1.84 bits per heavy atom. The van der Waals surface area contributed by atoms with Crippen molar-refractivity contribution in [2.45, 2.75) is 19.4 Å². The summed E-state index contributed by atoms with van der Waals surface area (Å²) in [6.45, 7) is 1.61. The second-order valence-electron chi connectivity index (χ2n) is 5.85. The van der Waals surface area contributed by atoms with Gasteiger partial charge in [-0.25, -0.2) is 4.39 Å². The first-order valence-electron chi connectivity index (χ1n) is 7.99. The molecular weight excluding hydrogens is 327 g/mol. The average Bonchev–Trinajstić information content (AvgIpc) is 3.14. The third-order valence-corrected chi connectivity index (χ3v) is 4.11. The lowest BCUT2D eigenvalue weighted by Crippen LogP contribution is -2.27. The number of amides is 1. The zero-order valence-corrected chi connectivity index (χ0v) is 13.5. The van der Waals surface area contributed by atoms with Crippen LogP contribution in [0.15, 0.2) is 42.5 Å². The number of benzene rings is 2. The molecule has 1 aliphatic rings. The summed E-state index contributed by atoms with van der Waals surface area (Å²) >= 11 is 0. The van der Waals surface area contributed by atoms with Crippen molar-refractivity contribution in [2.75, 3.05) is 13.1 Å². The van der Waals surface area contributed by atoms with E-state index < -0.39 is 10.7 Å². The molecule has 1 saturated heterocycles. The van der Waals surface area contributed by atoms with Crippen LogP contribution < -0.4 is 4.74 Å². The van der Waals surface area contributed by atoms with Gasteiger partial charge in [-0.2, -0.15) is 0 Å². The minimum absolute atomic E-state index is 0.00531. The van der Waals surface area contributed by atoms with E-state index in [9.17, 15) is 19.3 Å². The van der Waals surface area contributed by atoms with E-state index >= 15 is 0 Å². The minimum Gasteiger partial charge on any atom is -0.482 e. The summed E-state index contributed by atoms with van der Waals surface area (Å²) in [5.74, 6) is -0.722. The molecule has 25 heavy (non-hydrogen) atoms. The van der Waals surface area contributed by atoms with Crippen molar-refractivity contribution in [2.24, 2.45) is 0 Å². The van der Waals surface area contributed by atoms with Gasteiger partial charge in [0.1, 0.15) is 12.4 Å². The van der Waals surface area contributed by atoms with Crippen molar-refractivity contribution in [3.8, 4) is 5.75 Å². The number of nitro groups is 1. The Kier molecular flexibility index (Phi) is 4.92. The zero-order chi connectivity index (χ0) is 17.8. The molecule has 0 N–H and O–H groups in total. The molecule has 0 spiro atoms. The molecule has 1 fully saturated rings. The molecule has 1 amide bonds. The number of likely N-dealkylation sites (tertiary alicyclic amines) is 1. The fourth-order valence-corrected chi connectivity index (χ4v) is 2.76. The number of halogens is 1. The van der Waals surface area contributed by atoms with E-state index in [0.29, 0.717) is 5.56 Å². The van der Waals surface area contributed by atoms with Gasteiger partial charge < -0.3 is 9.64 Å². The largest absolute Gasteiger partial charge is 0.482 e. The molecule has 0 unspecified atom stereocenters. The molecule has 3 rings (SSSR count). The van der Waals surface area contributed by atoms with E-state index in [2.05, 4.69) is 0 Å². The zero-order valence-electron chi connectivity index (χ0n) is 13.5. The standard InChI is InChI=1S/C18H17FN2O4/c19-15-7-8-16(21(23)24)17(11-15)25-12-13-3-5-14(6-4-13)18(22)20-9-1-2-10-20/h3-8,11H,1-2,9-10,12H2. The highest BCUT2D eigenvalue weighted by Crippen LogP contribution is 2.28. The summed E-state index contributed by atoms with van der Waals surface area (Å²) in [5, 5.41) is 11.0. The van der Waals surface area contributed by atoms with Gasteiger partial charge in [-0.15, -0.1) is 0 Å². The molecule has 7 heteroatoms. The molecule has 130 valence electrons. The van der Waals surface area contributed by atoms with Crippen LogP contribution in [-0.2, 0) is 6.61 Å². The lowest BCUT2D eigenvalue weighted by atomic mass is 10.1. The third kappa shape index (κ3) is 3.93. The quantitative estimate of drug-likeness (QED) is 0.614. The van der Waals surface area contributed by atoms with Crippen LogP contribution in [0.3, 0.4) is 0 Å². The number of carbonyl (C=O) groups is 1. The van der Waals surface area contributed by atoms with Crippen LogP contribution in [0, 0.1) is 15.9 Å². The van der Waals surface area contributed by atoms with Gasteiger partial charge >= 0.3 is 5.69 Å². The first-order chi connectivity index (χ1) is 12.0. The van der Waals surface area contributed by atoms with E-state index in [-0.39, 0.29) is 24.0 Å². The highest BCUT2D eigenvalue weighted by Gasteiger charge is 2.19. The first-order valence-corrected chi connectivity index (χ1v) is 7.99. The summed E-state index contributed by atoms with van der Waals surface area (Å²) in [4.78, 5) is 24.4. The molecule has 0 saturated carbocycles. The van der Waals surface area contributed by atoms with E-state index in [0.717, 1.165) is 49.7 Å². The molecule has 1 aliphatic heterocycles. The van der Waals surface area contributed by atoms with Crippen molar-refractivity contribution in [3.63, 3.8) is 0 Å². The Morgan fingerprint density at radius 3 is 2.48 bits per heavy atom. The molecule has 2 aromatic rings. The van der Waals surface area contributed by atoms with Gasteiger partial charge in [0.25, 0.3) is 5.91 Å². The minimum atomic E-state index is -0.618. The number of ether oxygens (including phenoxy) is 1. The summed E-state index contributed by atoms with van der Waals surface area (Å²) in [7, 11) is 0. The van der Waals surface area contributed by atoms with Crippen LogP contribution in [0.1, 0.15) is 28.8 Å². The topological polar surface area (TPSA) is 72.7 Å². The van der Waals surface area contributed by atoms with Crippen LogP contribution in [0.2, 0.25) is 0 Å². The lowest BCUT2D eigenvalue weighted by Gasteiger charge is -2.15. The van der Waals surface area contributed by atoms with Gasteiger partial charge in [-0.1, -0.05) is 12.1 Å². The molecule has 6 nitrogen and oxygen atoms in total. The van der Waals surface area contributed by atoms with Gasteiger partial charge in [0.15, 0.2) is 5.75 Å². The molecule has 1 heterocycles.